The van der Waals surface area contributed by atoms with Crippen molar-refractivity contribution in [2.45, 2.75) is 36.8 Å². The fraction of sp³-hybridized carbons (Fsp3) is 0.318. The van der Waals surface area contributed by atoms with Gasteiger partial charge in [0.2, 0.25) is 10.0 Å². The standard InChI is InChI=1S/C22H27N3O6S2/c1-3-19(21(27)24-16-9-11-17(12-10-16)33(23,29)30)31-22(28)18(13-14-32-2)25-20(26)15-7-5-4-6-8-15/h4-12,18-19H,3,13-14H2,1-2H3,(H,24,27)(H,25,26)(H2,23,29,30)/t18-,19-/m0/s1. The molecule has 178 valence electrons. The van der Waals surface area contributed by atoms with Gasteiger partial charge in [-0.3, -0.25) is 9.59 Å². The first kappa shape index (κ1) is 26.4. The summed E-state index contributed by atoms with van der Waals surface area (Å²) in [4.78, 5) is 37.8. The van der Waals surface area contributed by atoms with Crippen molar-refractivity contribution in [1.29, 1.82) is 0 Å². The molecule has 0 aliphatic heterocycles. The summed E-state index contributed by atoms with van der Waals surface area (Å²) in [6.45, 7) is 1.68. The number of nitrogens with two attached hydrogens (primary N) is 1. The molecule has 4 N–H and O–H groups in total. The number of hydrogen-bond acceptors (Lipinski definition) is 7. The molecule has 2 aromatic carbocycles. The summed E-state index contributed by atoms with van der Waals surface area (Å²) >= 11 is 1.52. The van der Waals surface area contributed by atoms with Gasteiger partial charge in [-0.05, 0) is 61.2 Å². The predicted molar refractivity (Wildman–Crippen MR) is 127 cm³/mol. The van der Waals surface area contributed by atoms with Crippen molar-refractivity contribution in [2.75, 3.05) is 17.3 Å². The van der Waals surface area contributed by atoms with Gasteiger partial charge in [0.05, 0.1) is 4.90 Å². The van der Waals surface area contributed by atoms with Gasteiger partial charge in [-0.15, -0.1) is 0 Å². The Balaban J connectivity index is 2.05. The van der Waals surface area contributed by atoms with Crippen LogP contribution in [0.1, 0.15) is 30.1 Å². The highest BCUT2D eigenvalue weighted by molar-refractivity contribution is 7.98. The lowest BCUT2D eigenvalue weighted by Crippen LogP contribution is -2.45. The lowest BCUT2D eigenvalue weighted by Gasteiger charge is -2.21. The second kappa shape index (κ2) is 12.4. The van der Waals surface area contributed by atoms with Crippen LogP contribution in [-0.4, -0.2) is 50.4 Å². The monoisotopic (exact) mass is 493 g/mol. The highest BCUT2D eigenvalue weighted by Crippen LogP contribution is 2.15. The van der Waals surface area contributed by atoms with Crippen molar-refractivity contribution in [3.8, 4) is 0 Å². The van der Waals surface area contributed by atoms with E-state index in [1.807, 2.05) is 6.26 Å². The molecule has 33 heavy (non-hydrogen) atoms. The summed E-state index contributed by atoms with van der Waals surface area (Å²) in [6.07, 6.45) is 1.33. The Hall–Kier alpha value is -2.89. The summed E-state index contributed by atoms with van der Waals surface area (Å²) in [5.41, 5.74) is 0.727. The molecule has 0 spiro atoms. The van der Waals surface area contributed by atoms with Crippen molar-refractivity contribution in [3.05, 3.63) is 60.2 Å². The number of carbonyl (C=O) groups is 3. The highest BCUT2D eigenvalue weighted by Gasteiger charge is 2.28. The summed E-state index contributed by atoms with van der Waals surface area (Å²) in [7, 11) is -3.85. The molecule has 2 amide bonds. The predicted octanol–water partition coefficient (Wildman–Crippen LogP) is 2.15. The highest BCUT2D eigenvalue weighted by atomic mass is 32.2. The van der Waals surface area contributed by atoms with E-state index >= 15 is 0 Å². The maximum Gasteiger partial charge on any atom is 0.329 e. The van der Waals surface area contributed by atoms with Crippen LogP contribution in [0.25, 0.3) is 0 Å². The van der Waals surface area contributed by atoms with Crippen molar-refractivity contribution in [1.82, 2.24) is 5.32 Å². The van der Waals surface area contributed by atoms with Gasteiger partial charge in [-0.25, -0.2) is 18.4 Å². The number of benzene rings is 2. The first-order valence-corrected chi connectivity index (χ1v) is 13.1. The third kappa shape index (κ3) is 8.19. The molecule has 0 aliphatic rings. The molecule has 0 saturated carbocycles. The number of anilines is 1. The number of thioether (sulfide) groups is 1. The third-order valence-electron chi connectivity index (χ3n) is 4.61. The molecule has 9 nitrogen and oxygen atoms in total. The van der Waals surface area contributed by atoms with Crippen LogP contribution in [0, 0.1) is 0 Å². The summed E-state index contributed by atoms with van der Waals surface area (Å²) in [5.74, 6) is -1.09. The van der Waals surface area contributed by atoms with E-state index in [2.05, 4.69) is 10.6 Å². The number of amides is 2. The molecular weight excluding hydrogens is 466 g/mol. The molecule has 2 rings (SSSR count). The van der Waals surface area contributed by atoms with Gasteiger partial charge in [0.25, 0.3) is 11.8 Å². The second-order valence-electron chi connectivity index (χ2n) is 7.07. The zero-order valence-electron chi connectivity index (χ0n) is 18.3. The Bertz CT molecular complexity index is 1060. The van der Waals surface area contributed by atoms with Crippen LogP contribution in [0.3, 0.4) is 0 Å². The van der Waals surface area contributed by atoms with E-state index in [-0.39, 0.29) is 11.3 Å². The molecule has 0 aliphatic carbocycles. The number of esters is 1. The zero-order valence-corrected chi connectivity index (χ0v) is 19.9. The van der Waals surface area contributed by atoms with Gasteiger partial charge in [0.15, 0.2) is 6.10 Å². The van der Waals surface area contributed by atoms with Crippen molar-refractivity contribution < 1.29 is 27.5 Å². The van der Waals surface area contributed by atoms with Crippen LogP contribution in [0.4, 0.5) is 5.69 Å². The van der Waals surface area contributed by atoms with Crippen LogP contribution in [0.2, 0.25) is 0 Å². The first-order chi connectivity index (χ1) is 15.7. The topological polar surface area (TPSA) is 145 Å². The van der Waals surface area contributed by atoms with Gasteiger partial charge < -0.3 is 15.4 Å². The largest absolute Gasteiger partial charge is 0.451 e. The number of sulfonamides is 1. The zero-order chi connectivity index (χ0) is 24.4. The Labute approximate surface area is 197 Å². The van der Waals surface area contributed by atoms with E-state index < -0.39 is 40.0 Å². The number of nitrogens with one attached hydrogen (secondary N) is 2. The minimum atomic E-state index is -3.85. The molecule has 0 fully saturated rings. The van der Waals surface area contributed by atoms with Gasteiger partial charge in [0.1, 0.15) is 6.04 Å². The number of ether oxygens (including phenoxy) is 1. The summed E-state index contributed by atoms with van der Waals surface area (Å²) in [6, 6.07) is 12.9. The van der Waals surface area contributed by atoms with Crippen LogP contribution in [0.15, 0.2) is 59.5 Å². The molecule has 0 heterocycles. The second-order valence-corrected chi connectivity index (χ2v) is 9.61. The van der Waals surface area contributed by atoms with Crippen LogP contribution < -0.4 is 15.8 Å². The van der Waals surface area contributed by atoms with Crippen LogP contribution in [-0.2, 0) is 24.3 Å². The maximum atomic E-state index is 12.8. The molecule has 0 unspecified atom stereocenters. The Kier molecular flexibility index (Phi) is 9.89. The van der Waals surface area contributed by atoms with E-state index in [0.717, 1.165) is 0 Å². The first-order valence-electron chi connectivity index (χ1n) is 10.1. The van der Waals surface area contributed by atoms with Crippen molar-refractivity contribution >= 4 is 45.3 Å². The van der Waals surface area contributed by atoms with Gasteiger partial charge >= 0.3 is 5.97 Å². The molecule has 0 saturated heterocycles. The Morgan fingerprint density at radius 1 is 1.06 bits per heavy atom. The van der Waals surface area contributed by atoms with Crippen molar-refractivity contribution in [2.24, 2.45) is 5.14 Å². The Morgan fingerprint density at radius 3 is 2.24 bits per heavy atom. The lowest BCUT2D eigenvalue weighted by atomic mass is 10.1. The van der Waals surface area contributed by atoms with E-state index in [1.165, 1.54) is 36.0 Å². The molecule has 2 aromatic rings. The number of rotatable bonds is 11. The van der Waals surface area contributed by atoms with Crippen LogP contribution >= 0.6 is 11.8 Å². The minimum Gasteiger partial charge on any atom is -0.451 e. The molecule has 2 atom stereocenters. The van der Waals surface area contributed by atoms with E-state index in [1.54, 1.807) is 37.3 Å². The van der Waals surface area contributed by atoms with Gasteiger partial charge in [-0.2, -0.15) is 11.8 Å². The lowest BCUT2D eigenvalue weighted by molar-refractivity contribution is -0.156. The molecule has 0 aromatic heterocycles. The molecular formula is C22H27N3O6S2. The Morgan fingerprint density at radius 2 is 1.70 bits per heavy atom. The molecule has 0 bridgehead atoms. The third-order valence-corrected chi connectivity index (χ3v) is 6.18. The van der Waals surface area contributed by atoms with E-state index in [4.69, 9.17) is 9.88 Å². The smallest absolute Gasteiger partial charge is 0.329 e. The number of hydrogen-bond donors (Lipinski definition) is 3. The minimum absolute atomic E-state index is 0.0928. The number of carbonyl (C=O) groups excluding carboxylic acids is 3. The number of primary sulfonamides is 1. The summed E-state index contributed by atoms with van der Waals surface area (Å²) in [5, 5.41) is 10.3. The maximum absolute atomic E-state index is 12.8. The van der Waals surface area contributed by atoms with Crippen LogP contribution in [0.5, 0.6) is 0 Å². The van der Waals surface area contributed by atoms with Crippen molar-refractivity contribution in [3.63, 3.8) is 0 Å². The quantitative estimate of drug-likeness (QED) is 0.407. The fourth-order valence-corrected chi connectivity index (χ4v) is 3.80. The SMILES string of the molecule is CC[C@H](OC(=O)[C@H](CCSC)NC(=O)c1ccccc1)C(=O)Nc1ccc(S(N)(=O)=O)cc1. The van der Waals surface area contributed by atoms with E-state index in [9.17, 15) is 22.8 Å². The normalized spacial score (nSPS) is 12.9. The average molecular weight is 494 g/mol. The van der Waals surface area contributed by atoms with Gasteiger partial charge in [-0.1, -0.05) is 25.1 Å². The molecule has 11 heteroatoms. The summed E-state index contributed by atoms with van der Waals surface area (Å²) < 4.78 is 28.1. The molecule has 0 radical (unpaired) electrons. The van der Waals surface area contributed by atoms with E-state index in [0.29, 0.717) is 23.4 Å². The fourth-order valence-electron chi connectivity index (χ4n) is 2.81. The van der Waals surface area contributed by atoms with Gasteiger partial charge in [0, 0.05) is 11.3 Å². The average Bonchev–Trinajstić information content (AvgIpc) is 2.80.